The summed E-state index contributed by atoms with van der Waals surface area (Å²) in [5, 5.41) is 7.34. The highest BCUT2D eigenvalue weighted by Gasteiger charge is 2.07. The summed E-state index contributed by atoms with van der Waals surface area (Å²) in [6.45, 7) is 12.5. The van der Waals surface area contributed by atoms with Crippen LogP contribution in [0.25, 0.3) is 0 Å². The Bertz CT molecular complexity index is 357. The van der Waals surface area contributed by atoms with Crippen LogP contribution in [0, 0.1) is 0 Å². The summed E-state index contributed by atoms with van der Waals surface area (Å²) in [7, 11) is 2.04. The molecule has 1 N–H and O–H groups in total. The number of hydrogen-bond acceptors (Lipinski definition) is 4. The van der Waals surface area contributed by atoms with Gasteiger partial charge in [0, 0.05) is 25.2 Å². The second kappa shape index (κ2) is 6.57. The minimum Gasteiger partial charge on any atom is -0.360 e. The van der Waals surface area contributed by atoms with Crippen LogP contribution in [-0.4, -0.2) is 29.7 Å². The molecule has 1 heterocycles. The fourth-order valence-corrected chi connectivity index (χ4v) is 1.61. The summed E-state index contributed by atoms with van der Waals surface area (Å²) in [6, 6.07) is 2.46. The monoisotopic (exact) mass is 237 g/mol. The van der Waals surface area contributed by atoms with E-state index in [9.17, 15) is 0 Å². The first-order chi connectivity index (χ1) is 7.97. The molecule has 0 aliphatic heterocycles. The molecule has 4 nitrogen and oxygen atoms in total. The van der Waals surface area contributed by atoms with Gasteiger partial charge < -0.3 is 9.84 Å². The summed E-state index contributed by atoms with van der Waals surface area (Å²) in [5.41, 5.74) is 2.10. The molecule has 1 aromatic rings. The minimum atomic E-state index is 0.459. The average Bonchev–Trinajstić information content (AvgIpc) is 2.61. The van der Waals surface area contributed by atoms with E-state index in [1.807, 2.05) is 20.0 Å². The van der Waals surface area contributed by atoms with Crippen LogP contribution in [0.2, 0.25) is 0 Å². The van der Waals surface area contributed by atoms with Crippen molar-refractivity contribution in [3.63, 3.8) is 0 Å². The molecule has 4 heteroatoms. The van der Waals surface area contributed by atoms with Crippen LogP contribution in [0.1, 0.15) is 32.2 Å². The SMILES string of the molecule is C=C(C)CN(C)Cc1cc(CNC(C)C)no1. The largest absolute Gasteiger partial charge is 0.360 e. The Morgan fingerprint density at radius 2 is 2.29 bits per heavy atom. The van der Waals surface area contributed by atoms with Gasteiger partial charge in [0.25, 0.3) is 0 Å². The zero-order valence-electron chi connectivity index (χ0n) is 11.3. The van der Waals surface area contributed by atoms with Gasteiger partial charge in [-0.2, -0.15) is 0 Å². The van der Waals surface area contributed by atoms with Crippen LogP contribution in [0.4, 0.5) is 0 Å². The van der Waals surface area contributed by atoms with E-state index in [0.29, 0.717) is 6.04 Å². The molecule has 0 bridgehead atoms. The van der Waals surface area contributed by atoms with Crippen LogP contribution in [0.5, 0.6) is 0 Å². The van der Waals surface area contributed by atoms with Crippen LogP contribution in [-0.2, 0) is 13.1 Å². The first-order valence-corrected chi connectivity index (χ1v) is 5.98. The number of nitrogens with one attached hydrogen (secondary N) is 1. The topological polar surface area (TPSA) is 41.3 Å². The Morgan fingerprint density at radius 1 is 1.59 bits per heavy atom. The maximum absolute atomic E-state index is 5.29. The molecule has 0 saturated carbocycles. The van der Waals surface area contributed by atoms with E-state index >= 15 is 0 Å². The molecule has 0 unspecified atom stereocenters. The van der Waals surface area contributed by atoms with Gasteiger partial charge in [-0.15, -0.1) is 0 Å². The van der Waals surface area contributed by atoms with E-state index in [1.165, 1.54) is 0 Å². The van der Waals surface area contributed by atoms with Gasteiger partial charge in [0.2, 0.25) is 0 Å². The third-order valence-corrected chi connectivity index (χ3v) is 2.26. The summed E-state index contributed by atoms with van der Waals surface area (Å²) in [6.07, 6.45) is 0. The number of likely N-dealkylation sites (N-methyl/N-ethyl adjacent to an activating group) is 1. The second-order valence-electron chi connectivity index (χ2n) is 4.95. The van der Waals surface area contributed by atoms with Gasteiger partial charge in [-0.3, -0.25) is 4.90 Å². The van der Waals surface area contributed by atoms with Gasteiger partial charge in [0.1, 0.15) is 0 Å². The highest BCUT2D eigenvalue weighted by atomic mass is 16.5. The van der Waals surface area contributed by atoms with Crippen molar-refractivity contribution in [2.24, 2.45) is 0 Å². The first kappa shape index (κ1) is 13.9. The van der Waals surface area contributed by atoms with Gasteiger partial charge in [0.15, 0.2) is 5.76 Å². The summed E-state index contributed by atoms with van der Waals surface area (Å²) < 4.78 is 5.29. The predicted molar refractivity (Wildman–Crippen MR) is 69.6 cm³/mol. The van der Waals surface area contributed by atoms with Crippen molar-refractivity contribution in [3.8, 4) is 0 Å². The maximum atomic E-state index is 5.29. The third-order valence-electron chi connectivity index (χ3n) is 2.26. The van der Waals surface area contributed by atoms with Crippen LogP contribution in [0.15, 0.2) is 22.7 Å². The molecule has 96 valence electrons. The van der Waals surface area contributed by atoms with E-state index in [-0.39, 0.29) is 0 Å². The number of nitrogens with zero attached hydrogens (tertiary/aromatic N) is 2. The van der Waals surface area contributed by atoms with Gasteiger partial charge in [-0.05, 0) is 14.0 Å². The Kier molecular flexibility index (Phi) is 5.38. The van der Waals surface area contributed by atoms with Gasteiger partial charge >= 0.3 is 0 Å². The highest BCUT2D eigenvalue weighted by molar-refractivity contribution is 5.05. The zero-order chi connectivity index (χ0) is 12.8. The van der Waals surface area contributed by atoms with Crippen molar-refractivity contribution in [1.29, 1.82) is 0 Å². The van der Waals surface area contributed by atoms with E-state index in [1.54, 1.807) is 0 Å². The lowest BCUT2D eigenvalue weighted by Crippen LogP contribution is -2.22. The van der Waals surface area contributed by atoms with Crippen molar-refractivity contribution in [1.82, 2.24) is 15.4 Å². The standard InChI is InChI=1S/C13H23N3O/c1-10(2)8-16(5)9-13-6-12(15-17-13)7-14-11(3)4/h6,11,14H,1,7-9H2,2-5H3. The van der Waals surface area contributed by atoms with Crippen molar-refractivity contribution < 1.29 is 4.52 Å². The van der Waals surface area contributed by atoms with Crippen molar-refractivity contribution in [2.45, 2.75) is 39.9 Å². The molecule has 17 heavy (non-hydrogen) atoms. The lowest BCUT2D eigenvalue weighted by atomic mass is 10.3. The molecule has 1 aromatic heterocycles. The molecular weight excluding hydrogens is 214 g/mol. The normalized spacial score (nSPS) is 11.4. The predicted octanol–water partition coefficient (Wildman–Crippen LogP) is 2.18. The molecule has 0 aromatic carbocycles. The minimum absolute atomic E-state index is 0.459. The number of aromatic nitrogens is 1. The Morgan fingerprint density at radius 3 is 2.88 bits per heavy atom. The molecular formula is C13H23N3O. The van der Waals surface area contributed by atoms with Gasteiger partial charge in [-0.25, -0.2) is 0 Å². The van der Waals surface area contributed by atoms with Crippen molar-refractivity contribution in [3.05, 3.63) is 29.7 Å². The molecule has 0 saturated heterocycles. The number of hydrogen-bond donors (Lipinski definition) is 1. The molecule has 0 radical (unpaired) electrons. The molecule has 0 fully saturated rings. The second-order valence-corrected chi connectivity index (χ2v) is 4.95. The van der Waals surface area contributed by atoms with Crippen LogP contribution < -0.4 is 5.32 Å². The molecule has 0 spiro atoms. The van der Waals surface area contributed by atoms with E-state index in [4.69, 9.17) is 4.52 Å². The average molecular weight is 237 g/mol. The van der Waals surface area contributed by atoms with Crippen molar-refractivity contribution >= 4 is 0 Å². The first-order valence-electron chi connectivity index (χ1n) is 5.98. The fourth-order valence-electron chi connectivity index (χ4n) is 1.61. The van der Waals surface area contributed by atoms with E-state index in [0.717, 1.165) is 36.7 Å². The molecule has 0 aliphatic carbocycles. The van der Waals surface area contributed by atoms with E-state index < -0.39 is 0 Å². The lowest BCUT2D eigenvalue weighted by Gasteiger charge is -2.13. The smallest absolute Gasteiger partial charge is 0.151 e. The molecule has 0 aliphatic rings. The summed E-state index contributed by atoms with van der Waals surface area (Å²) >= 11 is 0. The van der Waals surface area contributed by atoms with Crippen LogP contribution in [0.3, 0.4) is 0 Å². The van der Waals surface area contributed by atoms with Gasteiger partial charge in [0.05, 0.1) is 12.2 Å². The van der Waals surface area contributed by atoms with E-state index in [2.05, 4.69) is 35.8 Å². The summed E-state index contributed by atoms with van der Waals surface area (Å²) in [4.78, 5) is 2.16. The molecule has 1 rings (SSSR count). The Hall–Kier alpha value is -1.13. The highest BCUT2D eigenvalue weighted by Crippen LogP contribution is 2.07. The number of rotatable bonds is 7. The maximum Gasteiger partial charge on any atom is 0.151 e. The van der Waals surface area contributed by atoms with Crippen LogP contribution >= 0.6 is 0 Å². The molecule has 0 atom stereocenters. The fraction of sp³-hybridized carbons (Fsp3) is 0.615. The summed E-state index contributed by atoms with van der Waals surface area (Å²) in [5.74, 6) is 0.898. The Balaban J connectivity index is 2.42. The molecule has 0 amide bonds. The quantitative estimate of drug-likeness (QED) is 0.738. The third kappa shape index (κ3) is 5.65. The lowest BCUT2D eigenvalue weighted by molar-refractivity contribution is 0.286. The zero-order valence-corrected chi connectivity index (χ0v) is 11.3. The Labute approximate surface area is 104 Å². The van der Waals surface area contributed by atoms with Gasteiger partial charge in [-0.1, -0.05) is 31.2 Å². The van der Waals surface area contributed by atoms with Crippen molar-refractivity contribution in [2.75, 3.05) is 13.6 Å².